The van der Waals surface area contributed by atoms with E-state index in [4.69, 9.17) is 0 Å². The first kappa shape index (κ1) is 20.9. The molecule has 1 aromatic carbocycles. The second-order valence-corrected chi connectivity index (χ2v) is 7.43. The molecule has 3 aromatic rings. The Morgan fingerprint density at radius 1 is 1.35 bits per heavy atom. The number of anilines is 2. The Labute approximate surface area is 172 Å². The van der Waals surface area contributed by atoms with Crippen LogP contribution in [-0.2, 0) is 0 Å². The van der Waals surface area contributed by atoms with Crippen LogP contribution in [0.4, 0.5) is 29.1 Å². The largest absolute Gasteiger partial charge is 0.418 e. The van der Waals surface area contributed by atoms with E-state index in [-0.39, 0.29) is 35.3 Å². The summed E-state index contributed by atoms with van der Waals surface area (Å²) in [5, 5.41) is 25.9. The number of aromatic amines is 1. The van der Waals surface area contributed by atoms with Crippen molar-refractivity contribution in [3.63, 3.8) is 0 Å². The number of nitrogens with zero attached hydrogens (tertiary/aromatic N) is 3. The average molecular weight is 435 g/mol. The summed E-state index contributed by atoms with van der Waals surface area (Å²) in [4.78, 5) is 15.0. The zero-order valence-electron chi connectivity index (χ0n) is 15.9. The molecule has 4 rings (SSSR count). The second kappa shape index (κ2) is 7.70. The summed E-state index contributed by atoms with van der Waals surface area (Å²) in [6.45, 7) is 0. The van der Waals surface area contributed by atoms with Gasteiger partial charge in [0.1, 0.15) is 11.2 Å². The van der Waals surface area contributed by atoms with Gasteiger partial charge in [0.15, 0.2) is 11.9 Å². The number of nitrogens with one attached hydrogen (secondary N) is 2. The van der Waals surface area contributed by atoms with Crippen molar-refractivity contribution >= 4 is 22.4 Å². The van der Waals surface area contributed by atoms with Gasteiger partial charge in [0.2, 0.25) is 0 Å². The van der Waals surface area contributed by atoms with Gasteiger partial charge < -0.3 is 15.4 Å². The standard InChI is InChI=1S/C20H17F4N5O2/c21-13-9-11(3-4-12(13)17(30)20(22,23)24)27-18-16-15(6-8-26-19(16)31)29(28-18)14(5-7-25)10-1-2-10/h3-4,6,8-10,14,17,30H,1-2,5H2,(H,26,31)(H,27,28)/t14-,17-/m0/s1. The molecule has 2 aromatic heterocycles. The third-order valence-electron chi connectivity index (χ3n) is 5.28. The maximum absolute atomic E-state index is 14.2. The minimum atomic E-state index is -5.00. The Morgan fingerprint density at radius 2 is 2.10 bits per heavy atom. The van der Waals surface area contributed by atoms with Crippen molar-refractivity contribution in [2.75, 3.05) is 5.32 Å². The van der Waals surface area contributed by atoms with Crippen LogP contribution in [0.25, 0.3) is 10.9 Å². The molecule has 0 radical (unpaired) electrons. The molecular weight excluding hydrogens is 418 g/mol. The Hall–Kier alpha value is -3.39. The zero-order valence-corrected chi connectivity index (χ0v) is 15.9. The Bertz CT molecular complexity index is 1220. The molecule has 7 nitrogen and oxygen atoms in total. The third kappa shape index (κ3) is 3.98. The number of benzene rings is 1. The molecule has 0 aliphatic heterocycles. The molecule has 1 aliphatic rings. The summed E-state index contributed by atoms with van der Waals surface area (Å²) in [6.07, 6.45) is -4.42. The minimum Gasteiger partial charge on any atom is -0.379 e. The minimum absolute atomic E-state index is 0.0497. The smallest absolute Gasteiger partial charge is 0.379 e. The summed E-state index contributed by atoms with van der Waals surface area (Å²) in [6, 6.07) is 6.31. The van der Waals surface area contributed by atoms with Crippen molar-refractivity contribution in [2.24, 2.45) is 5.92 Å². The Morgan fingerprint density at radius 3 is 2.71 bits per heavy atom. The number of aromatic nitrogens is 3. The first-order valence-electron chi connectivity index (χ1n) is 9.48. The summed E-state index contributed by atoms with van der Waals surface area (Å²) in [5.74, 6) is -0.910. The van der Waals surface area contributed by atoms with E-state index in [1.165, 1.54) is 6.20 Å². The zero-order chi connectivity index (χ0) is 22.3. The molecule has 0 unspecified atom stereocenters. The van der Waals surface area contributed by atoms with Crippen molar-refractivity contribution < 1.29 is 22.7 Å². The van der Waals surface area contributed by atoms with E-state index < -0.39 is 29.2 Å². The van der Waals surface area contributed by atoms with Gasteiger partial charge in [-0.05, 0) is 37.0 Å². The van der Waals surface area contributed by atoms with Crippen molar-refractivity contribution in [2.45, 2.75) is 37.6 Å². The highest BCUT2D eigenvalue weighted by molar-refractivity contribution is 5.91. The lowest BCUT2D eigenvalue weighted by Crippen LogP contribution is -2.21. The maximum atomic E-state index is 14.2. The lowest BCUT2D eigenvalue weighted by atomic mass is 10.1. The number of pyridine rings is 1. The number of rotatable bonds is 6. The lowest BCUT2D eigenvalue weighted by Gasteiger charge is -2.16. The molecule has 11 heteroatoms. The molecule has 1 saturated carbocycles. The summed E-state index contributed by atoms with van der Waals surface area (Å²) >= 11 is 0. The molecule has 0 bridgehead atoms. The molecule has 3 N–H and O–H groups in total. The topological polar surface area (TPSA) is 107 Å². The van der Waals surface area contributed by atoms with Crippen molar-refractivity contribution in [3.8, 4) is 6.07 Å². The molecule has 0 saturated heterocycles. The summed E-state index contributed by atoms with van der Waals surface area (Å²) in [7, 11) is 0. The quantitative estimate of drug-likeness (QED) is 0.506. The number of aliphatic hydroxyl groups excluding tert-OH is 1. The van der Waals surface area contributed by atoms with Gasteiger partial charge in [-0.1, -0.05) is 6.07 Å². The first-order chi connectivity index (χ1) is 14.7. The molecule has 1 fully saturated rings. The van der Waals surface area contributed by atoms with Crippen LogP contribution in [0.1, 0.15) is 37.0 Å². The molecular formula is C20H17F4N5O2. The van der Waals surface area contributed by atoms with Crippen LogP contribution >= 0.6 is 0 Å². The van der Waals surface area contributed by atoms with Gasteiger partial charge in [0, 0.05) is 17.4 Å². The van der Waals surface area contributed by atoms with Gasteiger partial charge in [-0.15, -0.1) is 0 Å². The molecule has 1 aliphatic carbocycles. The Kier molecular flexibility index (Phi) is 5.18. The fourth-order valence-corrected chi connectivity index (χ4v) is 3.61. The van der Waals surface area contributed by atoms with Crippen molar-refractivity contribution in [1.29, 1.82) is 5.26 Å². The van der Waals surface area contributed by atoms with Crippen LogP contribution < -0.4 is 10.9 Å². The van der Waals surface area contributed by atoms with Crippen LogP contribution in [0, 0.1) is 23.1 Å². The van der Waals surface area contributed by atoms with Gasteiger partial charge in [-0.3, -0.25) is 9.48 Å². The monoisotopic (exact) mass is 435 g/mol. The number of hydrogen-bond donors (Lipinski definition) is 3. The van der Waals surface area contributed by atoms with Crippen LogP contribution in [0.15, 0.2) is 35.3 Å². The number of halogens is 4. The SMILES string of the molecule is N#CC[C@@H](C1CC1)n1nc(Nc2ccc([C@H](O)C(F)(F)F)c(F)c2)c2c(=O)[nH]ccc21. The van der Waals surface area contributed by atoms with Crippen molar-refractivity contribution in [1.82, 2.24) is 14.8 Å². The van der Waals surface area contributed by atoms with E-state index in [9.17, 15) is 32.7 Å². The summed E-state index contributed by atoms with van der Waals surface area (Å²) in [5.41, 5.74) is -0.826. The van der Waals surface area contributed by atoms with E-state index >= 15 is 0 Å². The number of alkyl halides is 3. The molecule has 0 spiro atoms. The fraction of sp³-hybridized carbons (Fsp3) is 0.350. The van der Waals surface area contributed by atoms with Crippen LogP contribution in [0.5, 0.6) is 0 Å². The van der Waals surface area contributed by atoms with Gasteiger partial charge in [0.25, 0.3) is 5.56 Å². The van der Waals surface area contributed by atoms with Crippen molar-refractivity contribution in [3.05, 3.63) is 52.2 Å². The van der Waals surface area contributed by atoms with E-state index in [0.29, 0.717) is 5.52 Å². The number of nitriles is 1. The Balaban J connectivity index is 1.73. The molecule has 2 heterocycles. The van der Waals surface area contributed by atoms with Crippen LogP contribution in [0.2, 0.25) is 0 Å². The number of hydrogen-bond acceptors (Lipinski definition) is 5. The highest BCUT2D eigenvalue weighted by Crippen LogP contribution is 2.43. The third-order valence-corrected chi connectivity index (χ3v) is 5.28. The second-order valence-electron chi connectivity index (χ2n) is 7.43. The molecule has 31 heavy (non-hydrogen) atoms. The maximum Gasteiger partial charge on any atom is 0.418 e. The first-order valence-corrected chi connectivity index (χ1v) is 9.48. The van der Waals surface area contributed by atoms with E-state index in [1.54, 1.807) is 10.7 Å². The number of H-pyrrole nitrogens is 1. The molecule has 162 valence electrons. The number of fused-ring (bicyclic) bond motifs is 1. The van der Waals surface area contributed by atoms with Crippen LogP contribution in [0.3, 0.4) is 0 Å². The molecule has 0 amide bonds. The predicted octanol–water partition coefficient (Wildman–Crippen LogP) is 4.07. The van der Waals surface area contributed by atoms with Gasteiger partial charge in [-0.25, -0.2) is 4.39 Å². The van der Waals surface area contributed by atoms with Gasteiger partial charge >= 0.3 is 6.18 Å². The normalized spacial score (nSPS) is 16.1. The predicted molar refractivity (Wildman–Crippen MR) is 103 cm³/mol. The highest BCUT2D eigenvalue weighted by atomic mass is 19.4. The van der Waals surface area contributed by atoms with E-state index in [0.717, 1.165) is 31.0 Å². The van der Waals surface area contributed by atoms with E-state index in [2.05, 4.69) is 21.5 Å². The van der Waals surface area contributed by atoms with Crippen LogP contribution in [-0.4, -0.2) is 26.0 Å². The number of aliphatic hydroxyl groups is 1. The average Bonchev–Trinajstić information content (AvgIpc) is 3.48. The molecule has 2 atom stereocenters. The van der Waals surface area contributed by atoms with Gasteiger partial charge in [0.05, 0.1) is 24.0 Å². The lowest BCUT2D eigenvalue weighted by molar-refractivity contribution is -0.207. The fourth-order valence-electron chi connectivity index (χ4n) is 3.61. The van der Waals surface area contributed by atoms with E-state index in [1.807, 2.05) is 0 Å². The highest BCUT2D eigenvalue weighted by Gasteiger charge is 2.41. The summed E-state index contributed by atoms with van der Waals surface area (Å²) < 4.78 is 53.9. The van der Waals surface area contributed by atoms with Gasteiger partial charge in [-0.2, -0.15) is 23.5 Å².